The highest BCUT2D eigenvalue weighted by molar-refractivity contribution is 7.22. The number of thiazole rings is 1. The molecule has 0 aliphatic rings. The van der Waals surface area contributed by atoms with E-state index in [1.807, 2.05) is 25.1 Å². The van der Waals surface area contributed by atoms with Gasteiger partial charge in [0, 0.05) is 10.6 Å². The van der Waals surface area contributed by atoms with Gasteiger partial charge in [-0.2, -0.15) is 0 Å². The van der Waals surface area contributed by atoms with Crippen LogP contribution in [0.25, 0.3) is 10.2 Å². The summed E-state index contributed by atoms with van der Waals surface area (Å²) in [6, 6.07) is 12.4. The first-order valence-corrected chi connectivity index (χ1v) is 7.95. The van der Waals surface area contributed by atoms with Crippen molar-refractivity contribution in [2.75, 3.05) is 11.9 Å². The lowest BCUT2D eigenvalue weighted by Crippen LogP contribution is -2.11. The first-order chi connectivity index (χ1) is 10.7. The summed E-state index contributed by atoms with van der Waals surface area (Å²) in [6.07, 6.45) is 0. The number of aromatic nitrogens is 1. The molecule has 4 nitrogen and oxygen atoms in total. The quantitative estimate of drug-likeness (QED) is 0.759. The van der Waals surface area contributed by atoms with Gasteiger partial charge in [-0.15, -0.1) is 0 Å². The number of benzene rings is 2. The van der Waals surface area contributed by atoms with Gasteiger partial charge in [0.2, 0.25) is 0 Å². The fourth-order valence-electron chi connectivity index (χ4n) is 1.99. The average Bonchev–Trinajstić information content (AvgIpc) is 2.89. The van der Waals surface area contributed by atoms with Gasteiger partial charge >= 0.3 is 0 Å². The smallest absolute Gasteiger partial charge is 0.257 e. The van der Waals surface area contributed by atoms with Gasteiger partial charge in [0.05, 0.1) is 16.8 Å². The predicted octanol–water partition coefficient (Wildman–Crippen LogP) is 4.60. The maximum atomic E-state index is 12.2. The Kier molecular flexibility index (Phi) is 4.27. The second-order valence-corrected chi connectivity index (χ2v) is 6.01. The Morgan fingerprint density at radius 2 is 2.05 bits per heavy atom. The topological polar surface area (TPSA) is 51.2 Å². The van der Waals surface area contributed by atoms with Crippen molar-refractivity contribution < 1.29 is 9.53 Å². The number of fused-ring (bicyclic) bond motifs is 1. The van der Waals surface area contributed by atoms with Crippen LogP contribution in [0.3, 0.4) is 0 Å². The van der Waals surface area contributed by atoms with Gasteiger partial charge in [-0.1, -0.05) is 22.9 Å². The molecule has 2 aromatic carbocycles. The summed E-state index contributed by atoms with van der Waals surface area (Å²) in [7, 11) is 0. The van der Waals surface area contributed by atoms with Gasteiger partial charge in [0.15, 0.2) is 5.13 Å². The maximum absolute atomic E-state index is 12.2. The van der Waals surface area contributed by atoms with E-state index >= 15 is 0 Å². The number of carbonyl (C=O) groups is 1. The van der Waals surface area contributed by atoms with Crippen LogP contribution in [-0.2, 0) is 0 Å². The van der Waals surface area contributed by atoms with Gasteiger partial charge < -0.3 is 4.74 Å². The molecule has 1 heterocycles. The second-order valence-electron chi connectivity index (χ2n) is 4.54. The molecule has 0 aliphatic heterocycles. The predicted molar refractivity (Wildman–Crippen MR) is 90.2 cm³/mol. The van der Waals surface area contributed by atoms with Crippen LogP contribution < -0.4 is 10.1 Å². The van der Waals surface area contributed by atoms with E-state index in [0.717, 1.165) is 16.0 Å². The van der Waals surface area contributed by atoms with Crippen molar-refractivity contribution in [2.45, 2.75) is 6.92 Å². The third-order valence-electron chi connectivity index (χ3n) is 3.00. The highest BCUT2D eigenvalue weighted by atomic mass is 35.5. The zero-order valence-electron chi connectivity index (χ0n) is 11.8. The molecule has 0 spiro atoms. The number of carbonyl (C=O) groups excluding carboxylic acids is 1. The molecule has 3 aromatic rings. The van der Waals surface area contributed by atoms with Crippen molar-refractivity contribution in [2.24, 2.45) is 0 Å². The molecule has 1 N–H and O–H groups in total. The molecule has 3 rings (SSSR count). The van der Waals surface area contributed by atoms with E-state index in [1.54, 1.807) is 24.3 Å². The third-order valence-corrected chi connectivity index (χ3v) is 4.18. The SMILES string of the molecule is CCOc1ccc2nc(NC(=O)c3ccc(Cl)cc3)sc2c1. The summed E-state index contributed by atoms with van der Waals surface area (Å²) in [5.41, 5.74) is 1.37. The molecule has 0 radical (unpaired) electrons. The lowest BCUT2D eigenvalue weighted by molar-refractivity contribution is 0.102. The van der Waals surface area contributed by atoms with Crippen molar-refractivity contribution in [1.29, 1.82) is 0 Å². The van der Waals surface area contributed by atoms with Gasteiger partial charge in [-0.3, -0.25) is 10.1 Å². The van der Waals surface area contributed by atoms with E-state index in [2.05, 4.69) is 10.3 Å². The second kappa shape index (κ2) is 6.34. The number of ether oxygens (including phenoxy) is 1. The van der Waals surface area contributed by atoms with Crippen LogP contribution in [-0.4, -0.2) is 17.5 Å². The zero-order chi connectivity index (χ0) is 15.5. The number of nitrogens with one attached hydrogen (secondary N) is 1. The van der Waals surface area contributed by atoms with Crippen LogP contribution >= 0.6 is 22.9 Å². The monoisotopic (exact) mass is 332 g/mol. The third kappa shape index (κ3) is 3.21. The molecule has 0 fully saturated rings. The molecule has 0 unspecified atom stereocenters. The number of nitrogens with zero attached hydrogens (tertiary/aromatic N) is 1. The Morgan fingerprint density at radius 3 is 2.77 bits per heavy atom. The average molecular weight is 333 g/mol. The number of rotatable bonds is 4. The molecule has 0 saturated heterocycles. The minimum absolute atomic E-state index is 0.208. The van der Waals surface area contributed by atoms with Crippen molar-refractivity contribution in [3.63, 3.8) is 0 Å². The minimum atomic E-state index is -0.208. The molecule has 0 saturated carbocycles. The normalized spacial score (nSPS) is 10.6. The lowest BCUT2D eigenvalue weighted by Gasteiger charge is -2.01. The molecule has 6 heteroatoms. The fraction of sp³-hybridized carbons (Fsp3) is 0.125. The van der Waals surface area contributed by atoms with Crippen LogP contribution in [0.2, 0.25) is 5.02 Å². The van der Waals surface area contributed by atoms with E-state index in [-0.39, 0.29) is 5.91 Å². The van der Waals surface area contributed by atoms with Gasteiger partial charge in [0.25, 0.3) is 5.91 Å². The number of halogens is 1. The summed E-state index contributed by atoms with van der Waals surface area (Å²) in [4.78, 5) is 16.6. The summed E-state index contributed by atoms with van der Waals surface area (Å²) in [6.45, 7) is 2.55. The van der Waals surface area contributed by atoms with Crippen LogP contribution in [0, 0.1) is 0 Å². The van der Waals surface area contributed by atoms with E-state index in [0.29, 0.717) is 22.3 Å². The van der Waals surface area contributed by atoms with Crippen LogP contribution in [0.15, 0.2) is 42.5 Å². The molecule has 1 aromatic heterocycles. The van der Waals surface area contributed by atoms with E-state index in [1.165, 1.54) is 11.3 Å². The number of anilines is 1. The van der Waals surface area contributed by atoms with Gasteiger partial charge in [-0.25, -0.2) is 4.98 Å². The first-order valence-electron chi connectivity index (χ1n) is 6.76. The molecular formula is C16H13ClN2O2S. The molecule has 0 atom stereocenters. The van der Waals surface area contributed by atoms with Crippen molar-refractivity contribution in [3.8, 4) is 5.75 Å². The lowest BCUT2D eigenvalue weighted by atomic mass is 10.2. The summed E-state index contributed by atoms with van der Waals surface area (Å²) in [5, 5.41) is 3.96. The Bertz CT molecular complexity index is 815. The van der Waals surface area contributed by atoms with Gasteiger partial charge in [0.1, 0.15) is 5.75 Å². The summed E-state index contributed by atoms with van der Waals surface area (Å²) < 4.78 is 6.43. The molecular weight excluding hydrogens is 320 g/mol. The minimum Gasteiger partial charge on any atom is -0.494 e. The molecule has 1 amide bonds. The maximum Gasteiger partial charge on any atom is 0.257 e. The summed E-state index contributed by atoms with van der Waals surface area (Å²) in [5.74, 6) is 0.593. The molecule has 0 aliphatic carbocycles. The Morgan fingerprint density at radius 1 is 1.27 bits per heavy atom. The summed E-state index contributed by atoms with van der Waals surface area (Å²) >= 11 is 7.23. The Balaban J connectivity index is 1.81. The van der Waals surface area contributed by atoms with Gasteiger partial charge in [-0.05, 0) is 49.4 Å². The fourth-order valence-corrected chi connectivity index (χ4v) is 3.00. The standard InChI is InChI=1S/C16H13ClN2O2S/c1-2-21-12-7-8-13-14(9-12)22-16(18-13)19-15(20)10-3-5-11(17)6-4-10/h3-9H,2H2,1H3,(H,18,19,20). The van der Waals surface area contributed by atoms with Crippen molar-refractivity contribution >= 4 is 44.2 Å². The Labute approximate surface area is 136 Å². The number of hydrogen-bond acceptors (Lipinski definition) is 4. The number of amides is 1. The van der Waals surface area contributed by atoms with Crippen molar-refractivity contribution in [3.05, 3.63) is 53.1 Å². The highest BCUT2D eigenvalue weighted by Gasteiger charge is 2.10. The van der Waals surface area contributed by atoms with Crippen LogP contribution in [0.5, 0.6) is 5.75 Å². The van der Waals surface area contributed by atoms with E-state index in [4.69, 9.17) is 16.3 Å². The van der Waals surface area contributed by atoms with E-state index < -0.39 is 0 Å². The first kappa shape index (κ1) is 14.8. The van der Waals surface area contributed by atoms with Crippen molar-refractivity contribution in [1.82, 2.24) is 4.98 Å². The van der Waals surface area contributed by atoms with Crippen LogP contribution in [0.4, 0.5) is 5.13 Å². The number of hydrogen-bond donors (Lipinski definition) is 1. The molecule has 22 heavy (non-hydrogen) atoms. The van der Waals surface area contributed by atoms with E-state index in [9.17, 15) is 4.79 Å². The molecule has 112 valence electrons. The molecule has 0 bridgehead atoms. The highest BCUT2D eigenvalue weighted by Crippen LogP contribution is 2.29. The zero-order valence-corrected chi connectivity index (χ0v) is 13.4. The Hall–Kier alpha value is -2.11. The largest absolute Gasteiger partial charge is 0.494 e. The van der Waals surface area contributed by atoms with Crippen LogP contribution in [0.1, 0.15) is 17.3 Å².